The van der Waals surface area contributed by atoms with Crippen LogP contribution in [0.25, 0.3) is 0 Å². The molecule has 1 unspecified atom stereocenters. The van der Waals surface area contributed by atoms with Crippen LogP contribution in [0, 0.1) is 5.41 Å². The number of carbonyl (C=O) groups excluding carboxylic acids is 3. The van der Waals surface area contributed by atoms with Gasteiger partial charge in [0.1, 0.15) is 12.2 Å². The largest absolute Gasteiger partial charge is 0.457 e. The van der Waals surface area contributed by atoms with Crippen molar-refractivity contribution in [2.75, 3.05) is 0 Å². The van der Waals surface area contributed by atoms with E-state index in [2.05, 4.69) is 6.08 Å². The molecule has 1 aliphatic carbocycles. The molecule has 0 saturated carbocycles. The number of carbonyl (C=O) groups is 3. The monoisotopic (exact) mass is 476 g/mol. The Morgan fingerprint density at radius 3 is 2.56 bits per heavy atom. The minimum Gasteiger partial charge on any atom is -0.457 e. The number of benzene rings is 1. The second-order valence-electron chi connectivity index (χ2n) is 8.54. The summed E-state index contributed by atoms with van der Waals surface area (Å²) < 4.78 is 11.1. The molecular weight excluding hydrogens is 451 g/mol. The lowest BCUT2D eigenvalue weighted by molar-refractivity contribution is -0.140. The van der Waals surface area contributed by atoms with Crippen LogP contribution in [0.4, 0.5) is 0 Å². The number of ether oxygens (including phenoxy) is 2. The Balaban J connectivity index is 1.80. The highest BCUT2D eigenvalue weighted by Gasteiger charge is 2.55. The molecule has 0 aromatic heterocycles. The van der Waals surface area contributed by atoms with Gasteiger partial charge in [0.15, 0.2) is 5.78 Å². The summed E-state index contributed by atoms with van der Waals surface area (Å²) in [6.07, 6.45) is 7.21. The lowest BCUT2D eigenvalue weighted by Gasteiger charge is -2.34. The van der Waals surface area contributed by atoms with Gasteiger partial charge in [-0.1, -0.05) is 46.5 Å². The van der Waals surface area contributed by atoms with Gasteiger partial charge in [-0.25, -0.2) is 4.79 Å². The average Bonchev–Trinajstić information content (AvgIpc) is 2.99. The molecule has 0 N–H and O–H groups in total. The first-order valence-corrected chi connectivity index (χ1v) is 11.3. The van der Waals surface area contributed by atoms with Crippen molar-refractivity contribution >= 4 is 40.9 Å². The van der Waals surface area contributed by atoms with Gasteiger partial charge in [-0.3, -0.25) is 9.59 Å². The van der Waals surface area contributed by atoms with Gasteiger partial charge >= 0.3 is 11.9 Å². The number of allylic oxidation sites excluding steroid dienone is 4. The smallest absolute Gasteiger partial charge is 0.341 e. The maximum atomic E-state index is 12.9. The molecule has 2 aliphatic rings. The molecule has 1 aromatic rings. The molecule has 1 fully saturated rings. The predicted molar refractivity (Wildman–Crippen MR) is 124 cm³/mol. The van der Waals surface area contributed by atoms with Crippen molar-refractivity contribution in [3.8, 4) is 0 Å². The van der Waals surface area contributed by atoms with Crippen LogP contribution < -0.4 is 0 Å². The molecule has 1 aromatic carbocycles. The summed E-state index contributed by atoms with van der Waals surface area (Å²) in [6.45, 7) is 6.03. The third-order valence-electron chi connectivity index (χ3n) is 5.73. The number of esters is 2. The Hall–Kier alpha value is -2.37. The lowest BCUT2D eigenvalue weighted by Crippen LogP contribution is -2.43. The van der Waals surface area contributed by atoms with E-state index in [1.54, 1.807) is 18.2 Å². The third-order valence-corrected chi connectivity index (χ3v) is 6.36. The number of ketones is 1. The minimum absolute atomic E-state index is 0.0561. The lowest BCUT2D eigenvalue weighted by atomic mass is 9.69. The Morgan fingerprint density at radius 2 is 1.91 bits per heavy atom. The van der Waals surface area contributed by atoms with E-state index < -0.39 is 29.6 Å². The number of cyclic esters (lactones) is 1. The van der Waals surface area contributed by atoms with Crippen LogP contribution in [-0.2, 0) is 19.1 Å². The van der Waals surface area contributed by atoms with Crippen LogP contribution in [0.5, 0.6) is 0 Å². The average molecular weight is 477 g/mol. The van der Waals surface area contributed by atoms with E-state index in [1.165, 1.54) is 17.7 Å². The number of halogens is 2. The fourth-order valence-electron chi connectivity index (χ4n) is 4.05. The highest BCUT2D eigenvalue weighted by molar-refractivity contribution is 6.39. The normalized spacial score (nSPS) is 25.1. The summed E-state index contributed by atoms with van der Waals surface area (Å²) in [5.74, 6) is -1.33. The summed E-state index contributed by atoms with van der Waals surface area (Å²) in [4.78, 5) is 37.9. The highest BCUT2D eigenvalue weighted by atomic mass is 35.5. The summed E-state index contributed by atoms with van der Waals surface area (Å²) >= 11 is 12.2. The molecule has 0 radical (unpaired) electrons. The zero-order chi connectivity index (χ0) is 23.5. The van der Waals surface area contributed by atoms with E-state index in [0.717, 1.165) is 18.4 Å². The van der Waals surface area contributed by atoms with Crippen molar-refractivity contribution in [1.29, 1.82) is 0 Å². The van der Waals surface area contributed by atoms with Crippen LogP contribution in [-0.4, -0.2) is 29.9 Å². The van der Waals surface area contributed by atoms with Gasteiger partial charge in [-0.05, 0) is 64.0 Å². The predicted octanol–water partition coefficient (Wildman–Crippen LogP) is 6.04. The quantitative estimate of drug-likeness (QED) is 0.369. The Morgan fingerprint density at radius 1 is 1.22 bits per heavy atom. The van der Waals surface area contributed by atoms with Crippen LogP contribution in [0.2, 0.25) is 10.0 Å². The third kappa shape index (κ3) is 5.33. The van der Waals surface area contributed by atoms with Crippen molar-refractivity contribution in [3.05, 3.63) is 69.3 Å². The molecule has 1 spiro atoms. The molecule has 1 saturated heterocycles. The van der Waals surface area contributed by atoms with Crippen molar-refractivity contribution in [1.82, 2.24) is 0 Å². The first kappa shape index (κ1) is 24.3. The van der Waals surface area contributed by atoms with Gasteiger partial charge in [0.25, 0.3) is 0 Å². The highest BCUT2D eigenvalue weighted by Crippen LogP contribution is 2.45. The summed E-state index contributed by atoms with van der Waals surface area (Å²) in [5, 5.41) is 0.362. The fourth-order valence-corrected chi connectivity index (χ4v) is 4.60. The number of hydrogen-bond acceptors (Lipinski definition) is 5. The van der Waals surface area contributed by atoms with Crippen molar-refractivity contribution in [2.24, 2.45) is 5.41 Å². The standard InChI is InChI=1S/C25H26Cl2O5/c1-15(2)6-4-7-16(3)12-21-25(14-22(29)32-21)13-17(10-11-20(25)28)31-24(30)23-18(26)8-5-9-19(23)27/h5-6,8-12,17,21H,4,7,13-14H2,1-3H3/b16-12+/t17-,21-,25?/m1/s1. The Kier molecular flexibility index (Phi) is 7.63. The summed E-state index contributed by atoms with van der Waals surface area (Å²) in [6, 6.07) is 4.73. The first-order chi connectivity index (χ1) is 15.1. The second kappa shape index (κ2) is 10.1. The fraction of sp³-hybridized carbons (Fsp3) is 0.400. The van der Waals surface area contributed by atoms with Gasteiger partial charge in [0.2, 0.25) is 0 Å². The van der Waals surface area contributed by atoms with Gasteiger partial charge < -0.3 is 9.47 Å². The van der Waals surface area contributed by atoms with Crippen LogP contribution in [0.15, 0.2) is 53.6 Å². The molecular formula is C25H26Cl2O5. The van der Waals surface area contributed by atoms with Crippen LogP contribution >= 0.6 is 23.2 Å². The van der Waals surface area contributed by atoms with E-state index in [1.807, 2.05) is 26.8 Å². The molecule has 7 heteroatoms. The molecule has 5 nitrogen and oxygen atoms in total. The van der Waals surface area contributed by atoms with E-state index in [0.29, 0.717) is 0 Å². The van der Waals surface area contributed by atoms with Crippen molar-refractivity contribution < 1.29 is 23.9 Å². The molecule has 170 valence electrons. The number of hydrogen-bond donors (Lipinski definition) is 0. The molecule has 0 amide bonds. The molecule has 1 aliphatic heterocycles. The van der Waals surface area contributed by atoms with Crippen molar-refractivity contribution in [2.45, 2.75) is 58.7 Å². The van der Waals surface area contributed by atoms with Gasteiger partial charge in [0.05, 0.1) is 27.4 Å². The first-order valence-electron chi connectivity index (χ1n) is 10.5. The second-order valence-corrected chi connectivity index (χ2v) is 9.36. The van der Waals surface area contributed by atoms with Crippen molar-refractivity contribution in [3.63, 3.8) is 0 Å². The van der Waals surface area contributed by atoms with Gasteiger partial charge in [-0.2, -0.15) is 0 Å². The van der Waals surface area contributed by atoms with Crippen LogP contribution in [0.1, 0.15) is 56.8 Å². The van der Waals surface area contributed by atoms with Crippen LogP contribution in [0.3, 0.4) is 0 Å². The summed E-state index contributed by atoms with van der Waals surface area (Å²) in [7, 11) is 0. The molecule has 1 heterocycles. The van der Waals surface area contributed by atoms with E-state index >= 15 is 0 Å². The van der Waals surface area contributed by atoms with E-state index in [4.69, 9.17) is 32.7 Å². The molecule has 3 atom stereocenters. The van der Waals surface area contributed by atoms with Gasteiger partial charge in [-0.15, -0.1) is 0 Å². The minimum atomic E-state index is -1.10. The van der Waals surface area contributed by atoms with Gasteiger partial charge in [0, 0.05) is 6.42 Å². The topological polar surface area (TPSA) is 69.7 Å². The van der Waals surface area contributed by atoms with E-state index in [-0.39, 0.29) is 34.2 Å². The molecule has 32 heavy (non-hydrogen) atoms. The Bertz CT molecular complexity index is 999. The Labute approximate surface area is 198 Å². The SMILES string of the molecule is CC(C)=CCC/C(C)=C/[C@H]1OC(=O)CC12C[C@H](OC(=O)c1c(Cl)cccc1Cl)C=CC2=O. The molecule has 3 rings (SSSR count). The summed E-state index contributed by atoms with van der Waals surface area (Å²) in [5.41, 5.74) is 1.23. The maximum absolute atomic E-state index is 12.9. The zero-order valence-corrected chi connectivity index (χ0v) is 19.8. The maximum Gasteiger partial charge on any atom is 0.341 e. The zero-order valence-electron chi connectivity index (χ0n) is 18.3. The number of rotatable bonds is 6. The molecule has 0 bridgehead atoms. The van der Waals surface area contributed by atoms with E-state index in [9.17, 15) is 14.4 Å².